The Morgan fingerprint density at radius 2 is 2.00 bits per heavy atom. The smallest absolute Gasteiger partial charge is 0.255 e. The Bertz CT molecular complexity index is 492. The van der Waals surface area contributed by atoms with Crippen molar-refractivity contribution >= 4 is 11.8 Å². The number of hydrogen-bond donors (Lipinski definition) is 1. The van der Waals surface area contributed by atoms with Gasteiger partial charge in [-0.1, -0.05) is 6.07 Å². The summed E-state index contributed by atoms with van der Waals surface area (Å²) in [5.74, 6) is -3.43. The van der Waals surface area contributed by atoms with Crippen molar-refractivity contribution in [2.75, 3.05) is 13.6 Å². The van der Waals surface area contributed by atoms with Gasteiger partial charge in [-0.05, 0) is 26.0 Å². The Labute approximate surface area is 110 Å². The predicted octanol–water partition coefficient (Wildman–Crippen LogP) is 1.56. The maximum atomic E-state index is 13.4. The van der Waals surface area contributed by atoms with Crippen LogP contribution in [0.4, 0.5) is 8.78 Å². The van der Waals surface area contributed by atoms with Crippen LogP contribution in [-0.2, 0) is 4.79 Å². The minimum atomic E-state index is -1.22. The first-order valence-electron chi connectivity index (χ1n) is 5.88. The second kappa shape index (κ2) is 6.26. The quantitative estimate of drug-likeness (QED) is 0.902. The molecule has 0 saturated heterocycles. The molecule has 6 heteroatoms. The summed E-state index contributed by atoms with van der Waals surface area (Å²) >= 11 is 0. The molecule has 4 nitrogen and oxygen atoms in total. The molecule has 0 heterocycles. The molecular formula is C13H16F2N2O2. The first-order chi connectivity index (χ1) is 8.88. The number of carbonyl (C=O) groups excluding carboxylic acids is 2. The number of nitrogens with one attached hydrogen (secondary N) is 1. The van der Waals surface area contributed by atoms with E-state index in [-0.39, 0.29) is 5.91 Å². The molecule has 0 spiro atoms. The molecule has 0 aromatic heterocycles. The molecule has 0 saturated carbocycles. The van der Waals surface area contributed by atoms with E-state index in [0.717, 1.165) is 12.1 Å². The molecule has 1 atom stereocenters. The minimum Gasteiger partial charge on any atom is -0.344 e. The third-order valence-electron chi connectivity index (χ3n) is 2.76. The molecule has 2 amide bonds. The summed E-state index contributed by atoms with van der Waals surface area (Å²) in [5.41, 5.74) is -0.418. The van der Waals surface area contributed by atoms with Gasteiger partial charge in [0.25, 0.3) is 5.91 Å². The lowest BCUT2D eigenvalue weighted by molar-refractivity contribution is -0.131. The molecular weight excluding hydrogens is 254 g/mol. The van der Waals surface area contributed by atoms with Crippen molar-refractivity contribution in [2.45, 2.75) is 19.9 Å². The molecule has 104 valence electrons. The number of halogens is 2. The van der Waals surface area contributed by atoms with E-state index >= 15 is 0 Å². The van der Waals surface area contributed by atoms with Gasteiger partial charge in [-0.2, -0.15) is 0 Å². The number of carbonyl (C=O) groups is 2. The Morgan fingerprint density at radius 1 is 1.37 bits per heavy atom. The van der Waals surface area contributed by atoms with Gasteiger partial charge in [0.05, 0.1) is 5.56 Å². The van der Waals surface area contributed by atoms with E-state index in [1.54, 1.807) is 14.0 Å². The fourth-order valence-electron chi connectivity index (χ4n) is 1.50. The van der Waals surface area contributed by atoms with Crippen LogP contribution < -0.4 is 5.32 Å². The first-order valence-corrected chi connectivity index (χ1v) is 5.88. The maximum Gasteiger partial charge on any atom is 0.255 e. The van der Waals surface area contributed by atoms with Gasteiger partial charge in [-0.3, -0.25) is 9.59 Å². The van der Waals surface area contributed by atoms with Crippen molar-refractivity contribution in [3.63, 3.8) is 0 Å². The Balaban J connectivity index is 2.80. The van der Waals surface area contributed by atoms with E-state index in [4.69, 9.17) is 0 Å². The van der Waals surface area contributed by atoms with E-state index < -0.39 is 29.1 Å². The summed E-state index contributed by atoms with van der Waals surface area (Å²) in [6.07, 6.45) is 0. The minimum absolute atomic E-state index is 0.298. The normalized spacial score (nSPS) is 11.8. The zero-order valence-corrected chi connectivity index (χ0v) is 11.0. The third-order valence-corrected chi connectivity index (χ3v) is 2.76. The highest BCUT2D eigenvalue weighted by Gasteiger charge is 2.21. The molecule has 1 unspecified atom stereocenters. The summed E-state index contributed by atoms with van der Waals surface area (Å²) in [7, 11) is 1.59. The highest BCUT2D eigenvalue weighted by Crippen LogP contribution is 2.11. The summed E-state index contributed by atoms with van der Waals surface area (Å²) in [5, 5.41) is 2.34. The Hall–Kier alpha value is -1.98. The van der Waals surface area contributed by atoms with Crippen molar-refractivity contribution in [1.82, 2.24) is 10.2 Å². The van der Waals surface area contributed by atoms with Crippen molar-refractivity contribution in [1.29, 1.82) is 0 Å². The van der Waals surface area contributed by atoms with Gasteiger partial charge in [0.1, 0.15) is 6.04 Å². The summed E-state index contributed by atoms with van der Waals surface area (Å²) in [6.45, 7) is 3.77. The lowest BCUT2D eigenvalue weighted by Crippen LogP contribution is -2.45. The van der Waals surface area contributed by atoms with Crippen molar-refractivity contribution in [3.05, 3.63) is 35.4 Å². The average molecular weight is 270 g/mol. The second-order valence-electron chi connectivity index (χ2n) is 4.15. The molecule has 1 rings (SSSR count). The van der Waals surface area contributed by atoms with E-state index in [9.17, 15) is 18.4 Å². The standard InChI is InChI=1S/C13H16F2N2O2/c1-4-17(3)13(19)8(2)16-12(18)9-6-5-7-10(14)11(9)15/h5-8H,4H2,1-3H3,(H,16,18). The van der Waals surface area contributed by atoms with Gasteiger partial charge in [0.2, 0.25) is 5.91 Å². The number of benzene rings is 1. The second-order valence-corrected chi connectivity index (χ2v) is 4.15. The summed E-state index contributed by atoms with van der Waals surface area (Å²) in [4.78, 5) is 24.9. The molecule has 0 aliphatic rings. The monoisotopic (exact) mass is 270 g/mol. The zero-order chi connectivity index (χ0) is 14.6. The fraction of sp³-hybridized carbons (Fsp3) is 0.385. The SMILES string of the molecule is CCN(C)C(=O)C(C)NC(=O)c1cccc(F)c1F. The van der Waals surface area contributed by atoms with Crippen LogP contribution in [-0.4, -0.2) is 36.3 Å². The lowest BCUT2D eigenvalue weighted by Gasteiger charge is -2.20. The van der Waals surface area contributed by atoms with E-state index in [1.807, 2.05) is 0 Å². The van der Waals surface area contributed by atoms with E-state index in [1.165, 1.54) is 17.9 Å². The highest BCUT2D eigenvalue weighted by molar-refractivity contribution is 5.97. The van der Waals surface area contributed by atoms with Gasteiger partial charge in [-0.25, -0.2) is 8.78 Å². The average Bonchev–Trinajstić information content (AvgIpc) is 2.39. The van der Waals surface area contributed by atoms with Crippen molar-refractivity contribution in [3.8, 4) is 0 Å². The van der Waals surface area contributed by atoms with Gasteiger partial charge in [0.15, 0.2) is 11.6 Å². The van der Waals surface area contributed by atoms with Crippen LogP contribution in [0.2, 0.25) is 0 Å². The molecule has 0 aliphatic carbocycles. The molecule has 0 fully saturated rings. The van der Waals surface area contributed by atoms with Gasteiger partial charge in [0, 0.05) is 13.6 Å². The van der Waals surface area contributed by atoms with Gasteiger partial charge in [-0.15, -0.1) is 0 Å². The number of likely N-dealkylation sites (N-methyl/N-ethyl adjacent to an activating group) is 1. The molecule has 1 aromatic carbocycles. The number of amides is 2. The van der Waals surface area contributed by atoms with E-state index in [0.29, 0.717) is 6.54 Å². The molecule has 0 radical (unpaired) electrons. The van der Waals surface area contributed by atoms with Gasteiger partial charge >= 0.3 is 0 Å². The number of nitrogens with zero attached hydrogens (tertiary/aromatic N) is 1. The Morgan fingerprint density at radius 3 is 2.58 bits per heavy atom. The number of hydrogen-bond acceptors (Lipinski definition) is 2. The zero-order valence-electron chi connectivity index (χ0n) is 11.0. The Kier molecular flexibility index (Phi) is 4.97. The first kappa shape index (κ1) is 15.1. The molecule has 19 heavy (non-hydrogen) atoms. The third kappa shape index (κ3) is 3.49. The molecule has 1 N–H and O–H groups in total. The fourth-order valence-corrected chi connectivity index (χ4v) is 1.50. The van der Waals surface area contributed by atoms with Crippen LogP contribution in [0.25, 0.3) is 0 Å². The topological polar surface area (TPSA) is 49.4 Å². The highest BCUT2D eigenvalue weighted by atomic mass is 19.2. The molecule has 0 aliphatic heterocycles. The summed E-state index contributed by atoms with van der Waals surface area (Å²) < 4.78 is 26.4. The van der Waals surface area contributed by atoms with Crippen molar-refractivity contribution in [2.24, 2.45) is 0 Å². The van der Waals surface area contributed by atoms with Crippen LogP contribution in [0.15, 0.2) is 18.2 Å². The molecule has 1 aromatic rings. The molecule has 0 bridgehead atoms. The predicted molar refractivity (Wildman–Crippen MR) is 66.6 cm³/mol. The van der Waals surface area contributed by atoms with Crippen LogP contribution in [0.1, 0.15) is 24.2 Å². The lowest BCUT2D eigenvalue weighted by atomic mass is 10.1. The largest absolute Gasteiger partial charge is 0.344 e. The van der Waals surface area contributed by atoms with Crippen molar-refractivity contribution < 1.29 is 18.4 Å². The van der Waals surface area contributed by atoms with Crippen LogP contribution >= 0.6 is 0 Å². The number of rotatable bonds is 4. The van der Waals surface area contributed by atoms with E-state index in [2.05, 4.69) is 5.32 Å². The summed E-state index contributed by atoms with van der Waals surface area (Å²) in [6, 6.07) is 2.51. The van der Waals surface area contributed by atoms with Crippen LogP contribution in [0, 0.1) is 11.6 Å². The maximum absolute atomic E-state index is 13.4. The van der Waals surface area contributed by atoms with Crippen LogP contribution in [0.3, 0.4) is 0 Å². The van der Waals surface area contributed by atoms with Gasteiger partial charge < -0.3 is 10.2 Å². The van der Waals surface area contributed by atoms with Crippen LogP contribution in [0.5, 0.6) is 0 Å².